The maximum absolute atomic E-state index is 12.6. The second kappa shape index (κ2) is 11.7. The van der Waals surface area contributed by atoms with Gasteiger partial charge in [-0.3, -0.25) is 10.1 Å². The number of esters is 2. The Labute approximate surface area is 227 Å². The van der Waals surface area contributed by atoms with Crippen molar-refractivity contribution in [3.8, 4) is 5.75 Å². The van der Waals surface area contributed by atoms with E-state index in [1.807, 2.05) is 48.5 Å². The van der Waals surface area contributed by atoms with Crippen molar-refractivity contribution in [1.82, 2.24) is 10.3 Å². The van der Waals surface area contributed by atoms with Crippen LogP contribution in [0.15, 0.2) is 66.7 Å². The molecule has 0 bridgehead atoms. The average Bonchev–Trinajstić information content (AvgIpc) is 3.35. The topological polar surface area (TPSA) is 98.9 Å². The van der Waals surface area contributed by atoms with Gasteiger partial charge < -0.3 is 23.9 Å². The molecule has 2 atom stereocenters. The largest absolute Gasteiger partial charge is 0.496 e. The van der Waals surface area contributed by atoms with Gasteiger partial charge in [0.2, 0.25) is 0 Å². The summed E-state index contributed by atoms with van der Waals surface area (Å²) >= 11 is 0. The molecular weight excluding hydrogens is 496 g/mol. The molecule has 0 unspecified atom stereocenters. The number of H-pyrrole nitrogens is 1. The van der Waals surface area contributed by atoms with Gasteiger partial charge in [0.05, 0.1) is 45.6 Å². The number of fused-ring (bicyclic) bond motifs is 3. The number of hydrogen-bond acceptors (Lipinski definition) is 7. The van der Waals surface area contributed by atoms with E-state index in [4.69, 9.17) is 18.9 Å². The van der Waals surface area contributed by atoms with Crippen LogP contribution in [0, 0.1) is 0 Å². The number of aromatic nitrogens is 1. The summed E-state index contributed by atoms with van der Waals surface area (Å²) in [6.45, 7) is 2.59. The number of para-hydroxylation sites is 1. The molecule has 2 N–H and O–H groups in total. The third-order valence-electron chi connectivity index (χ3n) is 7.06. The number of nitrogens with one attached hydrogen (secondary N) is 2. The highest BCUT2D eigenvalue weighted by Crippen LogP contribution is 2.37. The molecule has 1 aliphatic heterocycles. The van der Waals surface area contributed by atoms with Gasteiger partial charge in [0.1, 0.15) is 11.8 Å². The SMILES string of the molecule is CCOC(=O)c1ccccc1COCc1cc([C@@H]2N[C@@H](C(=O)OC)Cc3c2[nH]c2ccccc32)ccc1OC. The van der Waals surface area contributed by atoms with Gasteiger partial charge in [-0.25, -0.2) is 4.79 Å². The third-order valence-corrected chi connectivity index (χ3v) is 7.06. The van der Waals surface area contributed by atoms with Crippen LogP contribution in [-0.2, 0) is 38.6 Å². The summed E-state index contributed by atoms with van der Waals surface area (Å²) in [5, 5.41) is 4.58. The van der Waals surface area contributed by atoms with Crippen molar-refractivity contribution >= 4 is 22.8 Å². The van der Waals surface area contributed by atoms with E-state index in [9.17, 15) is 9.59 Å². The van der Waals surface area contributed by atoms with Gasteiger partial charge in [0.15, 0.2) is 0 Å². The van der Waals surface area contributed by atoms with Crippen LogP contribution in [0.4, 0.5) is 0 Å². The lowest BCUT2D eigenvalue weighted by Crippen LogP contribution is -2.45. The first-order chi connectivity index (χ1) is 19.0. The minimum Gasteiger partial charge on any atom is -0.496 e. The predicted molar refractivity (Wildman–Crippen MR) is 147 cm³/mol. The highest BCUT2D eigenvalue weighted by Gasteiger charge is 2.34. The van der Waals surface area contributed by atoms with Gasteiger partial charge in [0, 0.05) is 28.6 Å². The molecule has 0 radical (unpaired) electrons. The zero-order valence-corrected chi connectivity index (χ0v) is 22.3. The summed E-state index contributed by atoms with van der Waals surface area (Å²) in [5.74, 6) is 0.0249. The van der Waals surface area contributed by atoms with E-state index < -0.39 is 6.04 Å². The Balaban J connectivity index is 1.43. The zero-order valence-electron chi connectivity index (χ0n) is 22.3. The summed E-state index contributed by atoms with van der Waals surface area (Å²) in [7, 11) is 3.03. The molecule has 0 fully saturated rings. The minimum absolute atomic E-state index is 0.237. The molecule has 0 saturated carbocycles. The monoisotopic (exact) mass is 528 g/mol. The van der Waals surface area contributed by atoms with Crippen LogP contribution in [-0.4, -0.2) is 43.8 Å². The maximum atomic E-state index is 12.6. The molecule has 0 aliphatic carbocycles. The van der Waals surface area contributed by atoms with Crippen LogP contribution in [0.2, 0.25) is 0 Å². The molecule has 0 amide bonds. The summed E-state index contributed by atoms with van der Waals surface area (Å²) in [4.78, 5) is 28.5. The van der Waals surface area contributed by atoms with Crippen LogP contribution in [0.25, 0.3) is 10.9 Å². The predicted octanol–water partition coefficient (Wildman–Crippen LogP) is 4.85. The molecule has 39 heavy (non-hydrogen) atoms. The van der Waals surface area contributed by atoms with E-state index in [1.54, 1.807) is 26.2 Å². The van der Waals surface area contributed by atoms with E-state index in [0.717, 1.165) is 38.9 Å². The summed E-state index contributed by atoms with van der Waals surface area (Å²) in [6, 6.07) is 20.6. The molecule has 4 aromatic rings. The number of hydrogen-bond donors (Lipinski definition) is 2. The Morgan fingerprint density at radius 1 is 0.949 bits per heavy atom. The number of ether oxygens (including phenoxy) is 4. The van der Waals surface area contributed by atoms with E-state index in [2.05, 4.69) is 16.4 Å². The van der Waals surface area contributed by atoms with Crippen LogP contribution >= 0.6 is 0 Å². The lowest BCUT2D eigenvalue weighted by atomic mass is 9.89. The second-order valence-electron chi connectivity index (χ2n) is 9.38. The Morgan fingerprint density at radius 3 is 2.51 bits per heavy atom. The van der Waals surface area contributed by atoms with E-state index >= 15 is 0 Å². The Kier molecular flexibility index (Phi) is 7.95. The molecule has 8 heteroatoms. The van der Waals surface area contributed by atoms with E-state index in [0.29, 0.717) is 24.3 Å². The van der Waals surface area contributed by atoms with Gasteiger partial charge in [-0.05, 0) is 47.9 Å². The second-order valence-corrected chi connectivity index (χ2v) is 9.38. The highest BCUT2D eigenvalue weighted by molar-refractivity contribution is 5.91. The van der Waals surface area contributed by atoms with E-state index in [1.165, 1.54) is 7.11 Å². The van der Waals surface area contributed by atoms with Crippen molar-refractivity contribution in [2.45, 2.75) is 38.6 Å². The van der Waals surface area contributed by atoms with Crippen molar-refractivity contribution in [3.63, 3.8) is 0 Å². The first-order valence-electron chi connectivity index (χ1n) is 13.0. The van der Waals surface area contributed by atoms with Gasteiger partial charge in [0.25, 0.3) is 0 Å². The molecule has 2 heterocycles. The normalized spacial score (nSPS) is 16.5. The smallest absolute Gasteiger partial charge is 0.338 e. The maximum Gasteiger partial charge on any atom is 0.338 e. The fourth-order valence-corrected chi connectivity index (χ4v) is 5.21. The standard InChI is InChI=1S/C31H32N2O6/c1-4-39-30(34)22-10-6-5-9-20(22)17-38-18-21-15-19(13-14-27(21)36-2)28-29-24(16-26(33-28)31(35)37-3)23-11-7-8-12-25(23)32-29/h5-15,26,28,32-33H,4,16-18H2,1-3H3/t26-,28+/m1/s1. The Hall–Kier alpha value is -4.14. The summed E-state index contributed by atoms with van der Waals surface area (Å²) < 4.78 is 22.0. The first kappa shape index (κ1) is 26.5. The minimum atomic E-state index is -0.479. The van der Waals surface area contributed by atoms with Crippen LogP contribution < -0.4 is 10.1 Å². The molecule has 5 rings (SSSR count). The lowest BCUT2D eigenvalue weighted by molar-refractivity contribution is -0.143. The zero-order chi connectivity index (χ0) is 27.4. The Morgan fingerprint density at radius 2 is 1.72 bits per heavy atom. The van der Waals surface area contributed by atoms with Gasteiger partial charge in [-0.2, -0.15) is 0 Å². The fourth-order valence-electron chi connectivity index (χ4n) is 5.21. The number of rotatable bonds is 9. The number of carbonyl (C=O) groups excluding carboxylic acids is 2. The molecule has 1 aliphatic rings. The van der Waals surface area contributed by atoms with Crippen LogP contribution in [0.1, 0.15) is 51.3 Å². The van der Waals surface area contributed by atoms with Crippen molar-refractivity contribution in [1.29, 1.82) is 0 Å². The Bertz CT molecular complexity index is 1490. The number of benzene rings is 3. The molecule has 8 nitrogen and oxygen atoms in total. The van der Waals surface area contributed by atoms with E-state index in [-0.39, 0.29) is 31.2 Å². The average molecular weight is 529 g/mol. The molecule has 1 aromatic heterocycles. The van der Waals surface area contributed by atoms with Gasteiger partial charge >= 0.3 is 11.9 Å². The molecule has 0 spiro atoms. The molecule has 202 valence electrons. The lowest BCUT2D eigenvalue weighted by Gasteiger charge is -2.30. The molecule has 3 aromatic carbocycles. The first-order valence-corrected chi connectivity index (χ1v) is 13.0. The third kappa shape index (κ3) is 5.39. The number of carbonyl (C=O) groups is 2. The number of aromatic amines is 1. The molecule has 0 saturated heterocycles. The molecular formula is C31H32N2O6. The number of methoxy groups -OCH3 is 2. The van der Waals surface area contributed by atoms with Crippen molar-refractivity contribution < 1.29 is 28.5 Å². The van der Waals surface area contributed by atoms with Crippen molar-refractivity contribution in [3.05, 3.63) is 100 Å². The summed E-state index contributed by atoms with van der Waals surface area (Å²) in [6.07, 6.45) is 0.536. The van der Waals surface area contributed by atoms with Gasteiger partial charge in [-0.15, -0.1) is 0 Å². The summed E-state index contributed by atoms with van der Waals surface area (Å²) in [5.41, 5.74) is 6.21. The van der Waals surface area contributed by atoms with Crippen LogP contribution in [0.3, 0.4) is 0 Å². The highest BCUT2D eigenvalue weighted by atomic mass is 16.5. The quantitative estimate of drug-likeness (QED) is 0.300. The van der Waals surface area contributed by atoms with Crippen molar-refractivity contribution in [2.75, 3.05) is 20.8 Å². The van der Waals surface area contributed by atoms with Crippen molar-refractivity contribution in [2.24, 2.45) is 0 Å². The van der Waals surface area contributed by atoms with Gasteiger partial charge in [-0.1, -0.05) is 42.5 Å². The van der Waals surface area contributed by atoms with Crippen LogP contribution in [0.5, 0.6) is 5.75 Å². The fraction of sp³-hybridized carbons (Fsp3) is 0.290.